The highest BCUT2D eigenvalue weighted by Gasteiger charge is 2.34. The number of carbonyl (C=O) groups excluding carboxylic acids is 6. The third kappa shape index (κ3) is 25.9. The van der Waals surface area contributed by atoms with Gasteiger partial charge in [0.2, 0.25) is 0 Å². The van der Waals surface area contributed by atoms with E-state index in [2.05, 4.69) is 9.66 Å². The topological polar surface area (TPSA) is 451 Å². The van der Waals surface area contributed by atoms with Crippen molar-refractivity contribution in [3.05, 3.63) is 209 Å². The average Bonchev–Trinajstić information content (AvgIpc) is 1.63. The first-order chi connectivity index (χ1) is 45.3. The molecule has 28 nitrogen and oxygen atoms in total. The lowest BCUT2D eigenvalue weighted by atomic mass is 10.1. The smallest absolute Gasteiger partial charge is 0.355 e. The van der Waals surface area contributed by atoms with E-state index < -0.39 is 98.4 Å². The second kappa shape index (κ2) is 36.2. The Morgan fingerprint density at radius 1 is 0.459 bits per heavy atom. The summed E-state index contributed by atoms with van der Waals surface area (Å²) < 4.78 is 166. The Balaban J connectivity index is 0.000000300. The fourth-order valence-corrected chi connectivity index (χ4v) is 14.8. The minimum atomic E-state index is -3.83. The fourth-order valence-electron chi connectivity index (χ4n) is 8.13. The molecule has 0 saturated carbocycles. The number of ketones is 3. The van der Waals surface area contributed by atoms with E-state index in [1.165, 1.54) is 142 Å². The standard InChI is InChI=1S/C13H17NO5S.2C9H10O3S.C8H7ClO3S.C8H9NO4S.C8H8O4S.C7H4O4S/c1-20(16,17)11-7-3-2-6-10(11)13(15)14-19-12-8-4-5-9-18-12;2*1-7(10)8-5-3-4-6-9(8)13(2,11)12;1-6(10)7-4-2-3-5-8(7)13(9,11)12;1-14(12,13)7-5-3-2-4-6(7)8(10)9-11;1-13(11,12)7-5-3-2-4-6(7)8(9)10;8-7-5-3-1-2-4-6(5)12(9,10)11-7/h2-3,6-7,12H,4-5,8-9H2,1H3,(H,14,15);2*3-6H,1-2H3;2-5H,1H3;2-5,11H,1H3,(H,9,10);2-5H,1H3,(H,9,10);1-4H. The highest BCUT2D eigenvalue weighted by atomic mass is 35.7. The lowest BCUT2D eigenvalue weighted by Gasteiger charge is -2.22. The number of sulfone groups is 5. The van der Waals surface area contributed by atoms with Crippen LogP contribution in [-0.2, 0) is 82.1 Å². The van der Waals surface area contributed by atoms with Crippen LogP contribution in [0.25, 0.3) is 0 Å². The number of halogens is 1. The van der Waals surface area contributed by atoms with Crippen molar-refractivity contribution in [1.82, 2.24) is 11.0 Å². The van der Waals surface area contributed by atoms with Gasteiger partial charge < -0.3 is 14.0 Å². The molecule has 1 atom stereocenters. The minimum Gasteiger partial charge on any atom is -0.478 e. The molecule has 0 radical (unpaired) electrons. The SMILES string of the molecule is CC(=O)c1ccccc1S(=O)(=O)Cl.CC(=O)c1ccccc1S(C)(=O)=O.CC(=O)c1ccccc1S(C)(=O)=O.CS(=O)(=O)c1ccccc1C(=O)NO.CS(=O)(=O)c1ccccc1C(=O)NOC1CCCCO1.CS(=O)(=O)c1ccccc1C(=O)O.O=C1OS(=O)(=O)c2ccccc21. The minimum absolute atomic E-state index is 0.0225. The van der Waals surface area contributed by atoms with Gasteiger partial charge in [0.25, 0.3) is 20.9 Å². The van der Waals surface area contributed by atoms with Crippen molar-refractivity contribution in [3.8, 4) is 0 Å². The van der Waals surface area contributed by atoms with Gasteiger partial charge in [0.1, 0.15) is 4.90 Å². The molecule has 36 heteroatoms. The summed E-state index contributed by atoms with van der Waals surface area (Å²) in [6.45, 7) is 4.59. The number of hydroxylamine groups is 2. The normalized spacial score (nSPS) is 13.8. The van der Waals surface area contributed by atoms with Crippen LogP contribution in [0.5, 0.6) is 0 Å². The number of fused-ring (bicyclic) bond motifs is 1. The maximum absolute atomic E-state index is 12.0. The summed E-state index contributed by atoms with van der Waals surface area (Å²) in [6, 6.07) is 41.3. The van der Waals surface area contributed by atoms with Gasteiger partial charge in [-0.15, -0.1) is 0 Å². The number of ether oxygens (including phenoxy) is 1. The second-order valence-corrected chi connectivity index (χ2v) is 34.3. The number of rotatable bonds is 14. The van der Waals surface area contributed by atoms with Crippen molar-refractivity contribution in [3.63, 3.8) is 0 Å². The molecule has 0 aromatic heterocycles. The predicted octanol–water partition coefficient (Wildman–Crippen LogP) is 7.22. The molecule has 7 aromatic carbocycles. The number of aromatic carboxylic acids is 1. The summed E-state index contributed by atoms with van der Waals surface area (Å²) in [5.41, 5.74) is 4.18. The van der Waals surface area contributed by atoms with Gasteiger partial charge in [-0.25, -0.2) is 75.9 Å². The molecular formula is C62H65ClN2O26S7. The van der Waals surface area contributed by atoms with Crippen molar-refractivity contribution in [1.29, 1.82) is 0 Å². The van der Waals surface area contributed by atoms with Gasteiger partial charge in [-0.3, -0.25) is 29.2 Å². The van der Waals surface area contributed by atoms with Crippen molar-refractivity contribution in [2.45, 2.75) is 80.6 Å². The molecule has 2 amide bonds. The van der Waals surface area contributed by atoms with Gasteiger partial charge in [0.15, 0.2) is 72.8 Å². The van der Waals surface area contributed by atoms with Gasteiger partial charge in [-0.2, -0.15) is 8.42 Å². The van der Waals surface area contributed by atoms with Gasteiger partial charge in [0, 0.05) is 71.7 Å². The van der Waals surface area contributed by atoms with Crippen molar-refractivity contribution >= 4 is 120 Å². The van der Waals surface area contributed by atoms with E-state index in [1.54, 1.807) is 54.6 Å². The molecule has 0 bridgehead atoms. The van der Waals surface area contributed by atoms with Crippen LogP contribution in [0.1, 0.15) is 113 Å². The number of hydrogen-bond acceptors (Lipinski definition) is 25. The van der Waals surface area contributed by atoms with Gasteiger partial charge in [0.05, 0.1) is 51.6 Å². The molecule has 0 spiro atoms. The maximum atomic E-state index is 12.0. The van der Waals surface area contributed by atoms with Crippen LogP contribution >= 0.6 is 10.7 Å². The number of benzene rings is 7. The van der Waals surface area contributed by atoms with Gasteiger partial charge >= 0.3 is 22.1 Å². The molecule has 2 aliphatic heterocycles. The van der Waals surface area contributed by atoms with Gasteiger partial charge in [-0.05, 0) is 100 Å². The number of carbonyl (C=O) groups is 7. The third-order valence-corrected chi connectivity index (χ3v) is 20.9. The zero-order chi connectivity index (χ0) is 74.4. The maximum Gasteiger partial charge on any atom is 0.355 e. The first kappa shape index (κ1) is 83.5. The van der Waals surface area contributed by atoms with E-state index in [0.717, 1.165) is 44.1 Å². The van der Waals surface area contributed by atoms with Crippen LogP contribution in [0.2, 0.25) is 0 Å². The lowest BCUT2D eigenvalue weighted by molar-refractivity contribution is -0.186. The molecule has 1 fully saturated rings. The molecule has 0 aliphatic carbocycles. The van der Waals surface area contributed by atoms with E-state index in [1.807, 2.05) is 0 Å². The first-order valence-corrected chi connectivity index (χ1v) is 40.8. The van der Waals surface area contributed by atoms with Gasteiger partial charge in [-0.1, -0.05) is 103 Å². The predicted molar refractivity (Wildman–Crippen MR) is 355 cm³/mol. The molecule has 1 unspecified atom stereocenters. The Bertz CT molecular complexity index is 4620. The number of amides is 2. The molecule has 1 saturated heterocycles. The number of carboxylic acid groups (broad SMARTS) is 1. The van der Waals surface area contributed by atoms with Crippen LogP contribution in [0.4, 0.5) is 0 Å². The Morgan fingerprint density at radius 2 is 0.765 bits per heavy atom. The second-order valence-electron chi connectivity index (χ2n) is 20.4. The van der Waals surface area contributed by atoms with Crippen LogP contribution < -0.4 is 11.0 Å². The van der Waals surface area contributed by atoms with Crippen LogP contribution in [-0.4, -0.2) is 155 Å². The molecule has 7 aromatic rings. The van der Waals surface area contributed by atoms with E-state index in [9.17, 15) is 92.5 Å². The third-order valence-electron chi connectivity index (χ3n) is 12.5. The van der Waals surface area contributed by atoms with Crippen molar-refractivity contribution < 1.29 is 117 Å². The largest absolute Gasteiger partial charge is 0.478 e. The Hall–Kier alpha value is -8.75. The lowest BCUT2D eigenvalue weighted by Crippen LogP contribution is -2.33. The first-order valence-electron chi connectivity index (χ1n) is 27.6. The summed E-state index contributed by atoms with van der Waals surface area (Å²) in [5, 5.41) is 17.0. The molecule has 4 N–H and O–H groups in total. The van der Waals surface area contributed by atoms with Crippen molar-refractivity contribution in [2.75, 3.05) is 37.9 Å². The summed E-state index contributed by atoms with van der Waals surface area (Å²) in [5.74, 6) is -4.26. The van der Waals surface area contributed by atoms with E-state index in [0.29, 0.717) is 13.0 Å². The van der Waals surface area contributed by atoms with E-state index in [4.69, 9.17) is 30.6 Å². The summed E-state index contributed by atoms with van der Waals surface area (Å²) in [7, 11) is -19.5. The molecule has 2 aliphatic rings. The molecule has 9 rings (SSSR count). The quantitative estimate of drug-likeness (QED) is 0.0274. The fraction of sp³-hybridized carbons (Fsp3) is 0.210. The molecule has 2 heterocycles. The number of hydrogen-bond donors (Lipinski definition) is 4. The monoisotopic (exact) mass is 1510 g/mol. The highest BCUT2D eigenvalue weighted by molar-refractivity contribution is 8.13. The average molecular weight is 1510 g/mol. The molecule has 98 heavy (non-hydrogen) atoms. The van der Waals surface area contributed by atoms with Crippen molar-refractivity contribution in [2.24, 2.45) is 0 Å². The van der Waals surface area contributed by atoms with E-state index >= 15 is 0 Å². The Kier molecular flexibility index (Phi) is 30.8. The van der Waals surface area contributed by atoms with E-state index in [-0.39, 0.29) is 90.6 Å². The highest BCUT2D eigenvalue weighted by Crippen LogP contribution is 2.27. The Labute approximate surface area is 571 Å². The summed E-state index contributed by atoms with van der Waals surface area (Å²) >= 11 is 0. The zero-order valence-corrected chi connectivity index (χ0v) is 59.5. The van der Waals surface area contributed by atoms with Crippen LogP contribution in [0.3, 0.4) is 0 Å². The summed E-state index contributed by atoms with van der Waals surface area (Å²) in [6.07, 6.45) is 7.40. The number of Topliss-reactive ketones (excluding diaryl/α,β-unsaturated/α-hetero) is 3. The number of carboxylic acids is 1. The molecular weight excluding hydrogens is 1450 g/mol. The zero-order valence-electron chi connectivity index (χ0n) is 53.0. The van der Waals surface area contributed by atoms with Crippen LogP contribution in [0.15, 0.2) is 204 Å². The Morgan fingerprint density at radius 3 is 1.06 bits per heavy atom. The summed E-state index contributed by atoms with van der Waals surface area (Å²) in [4.78, 5) is 82.5. The number of nitrogens with one attached hydrogen (secondary N) is 2. The molecule has 528 valence electrons. The van der Waals surface area contributed by atoms with Crippen LogP contribution in [0, 0.1) is 0 Å².